The summed E-state index contributed by atoms with van der Waals surface area (Å²) in [6.07, 6.45) is 0.112. The van der Waals surface area contributed by atoms with Crippen molar-refractivity contribution in [1.82, 2.24) is 4.90 Å². The van der Waals surface area contributed by atoms with Crippen molar-refractivity contribution in [2.24, 2.45) is 17.4 Å². The van der Waals surface area contributed by atoms with Gasteiger partial charge in [0, 0.05) is 18.9 Å². The highest BCUT2D eigenvalue weighted by Crippen LogP contribution is 2.33. The minimum absolute atomic E-state index is 0.0966. The third kappa shape index (κ3) is 2.86. The van der Waals surface area contributed by atoms with E-state index in [1.54, 1.807) is 6.92 Å². The Bertz CT molecular complexity index is 377. The average Bonchev–Trinajstić information content (AvgIpc) is 2.60. The van der Waals surface area contributed by atoms with Crippen molar-refractivity contribution in [1.29, 1.82) is 0 Å². The fourth-order valence-electron chi connectivity index (χ4n) is 2.29. The van der Waals surface area contributed by atoms with Gasteiger partial charge in [0.25, 0.3) is 0 Å². The van der Waals surface area contributed by atoms with Crippen molar-refractivity contribution >= 4 is 11.8 Å². The van der Waals surface area contributed by atoms with Crippen molar-refractivity contribution in [2.45, 2.75) is 44.2 Å². The van der Waals surface area contributed by atoms with Gasteiger partial charge in [0.2, 0.25) is 17.6 Å². The summed E-state index contributed by atoms with van der Waals surface area (Å²) in [5.74, 6) is -4.70. The SMILES string of the molecule is CCC(C(N)=O)N1CC(C(O)(O)C(C)(N)O)CC1=O. The highest BCUT2D eigenvalue weighted by atomic mass is 16.5. The van der Waals surface area contributed by atoms with Crippen LogP contribution in [0.25, 0.3) is 0 Å². The average molecular weight is 275 g/mol. The molecule has 3 atom stereocenters. The van der Waals surface area contributed by atoms with Gasteiger partial charge in [-0.05, 0) is 13.3 Å². The molecule has 0 spiro atoms. The van der Waals surface area contributed by atoms with Gasteiger partial charge in [-0.25, -0.2) is 0 Å². The number of carbonyl (C=O) groups excluding carboxylic acids is 2. The molecule has 0 bridgehead atoms. The number of hydrogen-bond acceptors (Lipinski definition) is 6. The van der Waals surface area contributed by atoms with E-state index in [2.05, 4.69) is 0 Å². The van der Waals surface area contributed by atoms with Crippen molar-refractivity contribution in [3.63, 3.8) is 0 Å². The molecule has 1 aliphatic heterocycles. The number of aliphatic hydroxyl groups is 3. The lowest BCUT2D eigenvalue weighted by atomic mass is 9.89. The molecule has 0 radical (unpaired) electrons. The van der Waals surface area contributed by atoms with Crippen LogP contribution in [0, 0.1) is 5.92 Å². The highest BCUT2D eigenvalue weighted by Gasteiger charge is 2.53. The van der Waals surface area contributed by atoms with E-state index in [9.17, 15) is 24.9 Å². The Morgan fingerprint density at radius 2 is 2.05 bits per heavy atom. The van der Waals surface area contributed by atoms with Crippen LogP contribution in [0.1, 0.15) is 26.7 Å². The Morgan fingerprint density at radius 1 is 1.53 bits per heavy atom. The van der Waals surface area contributed by atoms with Gasteiger partial charge < -0.3 is 26.0 Å². The Hall–Kier alpha value is -1.22. The van der Waals surface area contributed by atoms with E-state index < -0.39 is 35.3 Å². The minimum atomic E-state index is -2.63. The van der Waals surface area contributed by atoms with Crippen LogP contribution in [-0.4, -0.2) is 56.1 Å². The fraction of sp³-hybridized carbons (Fsp3) is 0.818. The zero-order valence-corrected chi connectivity index (χ0v) is 11.0. The number of amides is 2. The lowest BCUT2D eigenvalue weighted by Gasteiger charge is -2.37. The molecule has 8 nitrogen and oxygen atoms in total. The van der Waals surface area contributed by atoms with Crippen LogP contribution in [0.4, 0.5) is 0 Å². The van der Waals surface area contributed by atoms with Gasteiger partial charge in [0.1, 0.15) is 6.04 Å². The van der Waals surface area contributed by atoms with Crippen LogP contribution in [0.15, 0.2) is 0 Å². The van der Waals surface area contributed by atoms with Gasteiger partial charge in [-0.1, -0.05) is 6.92 Å². The van der Waals surface area contributed by atoms with E-state index >= 15 is 0 Å². The largest absolute Gasteiger partial charge is 0.371 e. The molecule has 0 aromatic rings. The van der Waals surface area contributed by atoms with Crippen LogP contribution in [0.3, 0.4) is 0 Å². The Kier molecular flexibility index (Phi) is 4.20. The van der Waals surface area contributed by atoms with Gasteiger partial charge in [0.15, 0.2) is 5.72 Å². The topological polar surface area (TPSA) is 150 Å². The van der Waals surface area contributed by atoms with Gasteiger partial charge in [0.05, 0.1) is 0 Å². The second kappa shape index (κ2) is 5.04. The summed E-state index contributed by atoms with van der Waals surface area (Å²) in [5, 5.41) is 29.3. The predicted octanol–water partition coefficient (Wildman–Crippen LogP) is -2.55. The molecule has 1 rings (SSSR count). The maximum Gasteiger partial charge on any atom is 0.240 e. The van der Waals surface area contributed by atoms with Gasteiger partial charge in [-0.2, -0.15) is 0 Å². The molecule has 1 saturated heterocycles. The van der Waals surface area contributed by atoms with Crippen LogP contribution in [0.5, 0.6) is 0 Å². The molecule has 8 heteroatoms. The molecule has 0 aromatic heterocycles. The summed E-state index contributed by atoms with van der Waals surface area (Å²) in [7, 11) is 0. The first-order valence-electron chi connectivity index (χ1n) is 6.07. The third-order valence-electron chi connectivity index (χ3n) is 3.56. The molecule has 0 saturated carbocycles. The number of carbonyl (C=O) groups is 2. The van der Waals surface area contributed by atoms with E-state index in [-0.39, 0.29) is 13.0 Å². The van der Waals surface area contributed by atoms with Crippen molar-refractivity contribution in [2.75, 3.05) is 6.54 Å². The molecule has 1 heterocycles. The molecule has 19 heavy (non-hydrogen) atoms. The molecule has 3 unspecified atom stereocenters. The smallest absolute Gasteiger partial charge is 0.240 e. The van der Waals surface area contributed by atoms with Crippen LogP contribution in [-0.2, 0) is 9.59 Å². The van der Waals surface area contributed by atoms with Crippen molar-refractivity contribution in [3.05, 3.63) is 0 Å². The number of primary amides is 1. The quantitative estimate of drug-likeness (QED) is 0.348. The zero-order chi connectivity index (χ0) is 15.0. The third-order valence-corrected chi connectivity index (χ3v) is 3.56. The van der Waals surface area contributed by atoms with Crippen molar-refractivity contribution < 1.29 is 24.9 Å². The first-order valence-corrected chi connectivity index (χ1v) is 6.07. The normalized spacial score (nSPS) is 25.3. The number of nitrogens with zero attached hydrogens (tertiary/aromatic N) is 1. The number of rotatable bonds is 5. The van der Waals surface area contributed by atoms with E-state index in [4.69, 9.17) is 11.5 Å². The molecule has 110 valence electrons. The Labute approximate surface area is 111 Å². The Morgan fingerprint density at radius 3 is 2.42 bits per heavy atom. The fourth-order valence-corrected chi connectivity index (χ4v) is 2.29. The van der Waals surface area contributed by atoms with E-state index in [1.165, 1.54) is 4.90 Å². The highest BCUT2D eigenvalue weighted by molar-refractivity contribution is 5.87. The van der Waals surface area contributed by atoms with Crippen LogP contribution >= 0.6 is 0 Å². The molecule has 1 fully saturated rings. The summed E-state index contributed by atoms with van der Waals surface area (Å²) in [5.41, 5.74) is 8.21. The van der Waals surface area contributed by atoms with E-state index in [0.717, 1.165) is 6.92 Å². The lowest BCUT2D eigenvalue weighted by molar-refractivity contribution is -0.293. The van der Waals surface area contributed by atoms with E-state index in [0.29, 0.717) is 6.42 Å². The first-order chi connectivity index (χ1) is 8.52. The number of likely N-dealkylation sites (tertiary alicyclic amines) is 1. The zero-order valence-electron chi connectivity index (χ0n) is 11.0. The standard InChI is InChI=1S/C11H21N3O5/c1-3-7(9(12)16)14-5-6(4-8(14)15)11(18,19)10(2,13)17/h6-7,17-19H,3-5,13H2,1-2H3,(H2,12,16). The monoisotopic (exact) mass is 275 g/mol. The van der Waals surface area contributed by atoms with Gasteiger partial charge in [-0.15, -0.1) is 0 Å². The molecule has 0 aliphatic carbocycles. The number of nitrogens with two attached hydrogens (primary N) is 2. The maximum atomic E-state index is 11.8. The second-order valence-corrected chi connectivity index (χ2v) is 5.15. The van der Waals surface area contributed by atoms with Gasteiger partial charge >= 0.3 is 0 Å². The Balaban J connectivity index is 2.92. The molecular weight excluding hydrogens is 254 g/mol. The van der Waals surface area contributed by atoms with Crippen LogP contribution in [0.2, 0.25) is 0 Å². The summed E-state index contributed by atoms with van der Waals surface area (Å²) in [6.45, 7) is 2.63. The summed E-state index contributed by atoms with van der Waals surface area (Å²) in [4.78, 5) is 24.3. The number of hydrogen-bond donors (Lipinski definition) is 5. The molecule has 0 aromatic carbocycles. The lowest BCUT2D eigenvalue weighted by Crippen LogP contribution is -2.63. The second-order valence-electron chi connectivity index (χ2n) is 5.15. The van der Waals surface area contributed by atoms with E-state index in [1.807, 2.05) is 0 Å². The summed E-state index contributed by atoms with van der Waals surface area (Å²) in [6, 6.07) is -0.795. The minimum Gasteiger partial charge on any atom is -0.371 e. The summed E-state index contributed by atoms with van der Waals surface area (Å²) < 4.78 is 0. The summed E-state index contributed by atoms with van der Waals surface area (Å²) >= 11 is 0. The van der Waals surface area contributed by atoms with Crippen molar-refractivity contribution in [3.8, 4) is 0 Å². The molecular formula is C11H21N3O5. The molecule has 2 amide bonds. The predicted molar refractivity (Wildman–Crippen MR) is 65.1 cm³/mol. The molecule has 1 aliphatic rings. The first kappa shape index (κ1) is 15.8. The maximum absolute atomic E-state index is 11.8. The van der Waals surface area contributed by atoms with Gasteiger partial charge in [-0.3, -0.25) is 15.3 Å². The van der Waals surface area contributed by atoms with Crippen LogP contribution < -0.4 is 11.5 Å². The molecule has 7 N–H and O–H groups in total.